The van der Waals surface area contributed by atoms with Crippen LogP contribution in [-0.4, -0.2) is 92.0 Å². The van der Waals surface area contributed by atoms with Crippen LogP contribution >= 0.6 is 0 Å². The van der Waals surface area contributed by atoms with Gasteiger partial charge in [0.15, 0.2) is 0 Å². The number of hydrogen-bond acceptors (Lipinski definition) is 9. The Bertz CT molecular complexity index is 1640. The maximum atomic E-state index is 12.4. The number of fused-ring (bicyclic) bond motifs is 1. The third-order valence-electron chi connectivity index (χ3n) is 8.12. The molecule has 0 aliphatic carbocycles. The van der Waals surface area contributed by atoms with Gasteiger partial charge in [0, 0.05) is 75.0 Å². The molecule has 2 aromatic carbocycles. The van der Waals surface area contributed by atoms with Crippen LogP contribution in [0.25, 0.3) is 22.2 Å². The number of aryl methyl sites for hydroxylation is 1. The molecule has 0 saturated carbocycles. The Hall–Kier alpha value is -4.61. The number of carbonyl (C=O) groups excluding carboxylic acids is 1. The largest absolute Gasteiger partial charge is 0.494 e. The lowest BCUT2D eigenvalue weighted by Crippen LogP contribution is -2.44. The number of ether oxygens (including phenoxy) is 2. The summed E-state index contributed by atoms with van der Waals surface area (Å²) in [7, 11) is 5.80. The molecule has 2 N–H and O–H groups in total. The van der Waals surface area contributed by atoms with Gasteiger partial charge in [-0.1, -0.05) is 24.8 Å². The van der Waals surface area contributed by atoms with E-state index < -0.39 is 0 Å². The minimum Gasteiger partial charge on any atom is -0.494 e. The summed E-state index contributed by atoms with van der Waals surface area (Å²) in [5.74, 6) is 0.764. The summed E-state index contributed by atoms with van der Waals surface area (Å²) >= 11 is 0. The van der Waals surface area contributed by atoms with Crippen LogP contribution in [0.1, 0.15) is 0 Å². The molecule has 0 bridgehead atoms. The normalized spacial score (nSPS) is 15.9. The number of nitrogens with one attached hydrogen (secondary N) is 2. The van der Waals surface area contributed by atoms with Crippen molar-refractivity contribution >= 4 is 45.5 Å². The first-order valence-electron chi connectivity index (χ1n) is 14.6. The zero-order valence-corrected chi connectivity index (χ0v) is 25.0. The lowest BCUT2D eigenvalue weighted by atomic mass is 10.1. The van der Waals surface area contributed by atoms with Crippen LogP contribution in [0, 0.1) is 0 Å². The van der Waals surface area contributed by atoms with Crippen LogP contribution in [0.5, 0.6) is 5.75 Å². The number of hydrogen-bond donors (Lipinski definition) is 2. The summed E-state index contributed by atoms with van der Waals surface area (Å²) in [6, 6.07) is 12.2. The zero-order chi connectivity index (χ0) is 29.9. The average Bonchev–Trinajstić information content (AvgIpc) is 3.38. The highest BCUT2D eigenvalue weighted by molar-refractivity contribution is 6.02. The number of morpholine rings is 1. The molecule has 0 unspecified atom stereocenters. The average molecular weight is 583 g/mol. The third-order valence-corrected chi connectivity index (χ3v) is 8.12. The lowest BCUT2D eigenvalue weighted by Gasteiger charge is -2.35. The van der Waals surface area contributed by atoms with E-state index in [-0.39, 0.29) is 5.91 Å². The number of amides is 1. The second-order valence-corrected chi connectivity index (χ2v) is 10.9. The summed E-state index contributed by atoms with van der Waals surface area (Å²) in [6.07, 6.45) is 5.27. The summed E-state index contributed by atoms with van der Waals surface area (Å²) in [4.78, 5) is 29.1. The van der Waals surface area contributed by atoms with Gasteiger partial charge in [-0.3, -0.25) is 4.79 Å². The molecule has 2 aliphatic heterocycles. The molecule has 4 heterocycles. The van der Waals surface area contributed by atoms with Crippen molar-refractivity contribution < 1.29 is 14.3 Å². The number of anilines is 5. The Kier molecular flexibility index (Phi) is 8.17. The monoisotopic (exact) mass is 582 g/mol. The van der Waals surface area contributed by atoms with Crippen LogP contribution in [0.2, 0.25) is 0 Å². The molecule has 2 aliphatic rings. The number of piperazine rings is 1. The van der Waals surface area contributed by atoms with Gasteiger partial charge in [0.1, 0.15) is 11.4 Å². The number of benzene rings is 2. The van der Waals surface area contributed by atoms with E-state index in [0.29, 0.717) is 36.3 Å². The van der Waals surface area contributed by atoms with Crippen LogP contribution < -0.4 is 25.2 Å². The van der Waals surface area contributed by atoms with Crippen molar-refractivity contribution in [3.63, 3.8) is 0 Å². The molecule has 0 radical (unpaired) electrons. The van der Waals surface area contributed by atoms with Gasteiger partial charge < -0.3 is 39.4 Å². The number of likely N-dealkylation sites (N-methyl/N-ethyl adjacent to an activating group) is 1. The van der Waals surface area contributed by atoms with Gasteiger partial charge in [-0.25, -0.2) is 9.97 Å². The Morgan fingerprint density at radius 3 is 2.49 bits per heavy atom. The molecule has 6 rings (SSSR count). The molecule has 0 spiro atoms. The minimum atomic E-state index is -0.282. The molecule has 2 saturated heterocycles. The fourth-order valence-corrected chi connectivity index (χ4v) is 5.75. The number of rotatable bonds is 8. The SMILES string of the molecule is C=CC(=O)Nc1cc(Nc2ncc(N3CCOCC3)c(-c3cn(C)c4ccccc34)n2)c(OC)cc1N1CCN(C)CC1. The van der Waals surface area contributed by atoms with Crippen LogP contribution in [0.4, 0.5) is 28.7 Å². The predicted octanol–water partition coefficient (Wildman–Crippen LogP) is 4.10. The highest BCUT2D eigenvalue weighted by Crippen LogP contribution is 2.40. The summed E-state index contributed by atoms with van der Waals surface area (Å²) in [6.45, 7) is 10.0. The van der Waals surface area contributed by atoms with E-state index in [9.17, 15) is 4.79 Å². The summed E-state index contributed by atoms with van der Waals surface area (Å²) < 4.78 is 13.6. The Morgan fingerprint density at radius 2 is 1.74 bits per heavy atom. The van der Waals surface area contributed by atoms with Gasteiger partial charge in [0.2, 0.25) is 11.9 Å². The fraction of sp³-hybridized carbons (Fsp3) is 0.344. The van der Waals surface area contributed by atoms with Gasteiger partial charge in [-0.05, 0) is 25.3 Å². The van der Waals surface area contributed by atoms with E-state index >= 15 is 0 Å². The zero-order valence-electron chi connectivity index (χ0n) is 25.0. The van der Waals surface area contributed by atoms with Gasteiger partial charge in [-0.2, -0.15) is 0 Å². The number of nitrogens with zero attached hydrogens (tertiary/aromatic N) is 6. The van der Waals surface area contributed by atoms with Crippen molar-refractivity contribution in [1.82, 2.24) is 19.4 Å². The van der Waals surface area contributed by atoms with E-state index in [2.05, 4.69) is 61.9 Å². The van der Waals surface area contributed by atoms with E-state index in [1.165, 1.54) is 6.08 Å². The highest BCUT2D eigenvalue weighted by Gasteiger charge is 2.23. The van der Waals surface area contributed by atoms with Crippen LogP contribution in [-0.2, 0) is 16.6 Å². The van der Waals surface area contributed by atoms with E-state index in [4.69, 9.17) is 19.4 Å². The van der Waals surface area contributed by atoms with Gasteiger partial charge in [0.05, 0.1) is 49.3 Å². The fourth-order valence-electron chi connectivity index (χ4n) is 5.75. The molecule has 1 amide bonds. The first-order valence-corrected chi connectivity index (χ1v) is 14.6. The Morgan fingerprint density at radius 1 is 1.00 bits per heavy atom. The molecule has 2 aromatic heterocycles. The predicted molar refractivity (Wildman–Crippen MR) is 172 cm³/mol. The topological polar surface area (TPSA) is 100 Å². The quantitative estimate of drug-likeness (QED) is 0.298. The van der Waals surface area contributed by atoms with E-state index in [1.54, 1.807) is 7.11 Å². The van der Waals surface area contributed by atoms with Crippen molar-refractivity contribution in [3.05, 3.63) is 61.4 Å². The van der Waals surface area contributed by atoms with Crippen molar-refractivity contribution in [2.45, 2.75) is 0 Å². The van der Waals surface area contributed by atoms with Crippen molar-refractivity contribution in [2.75, 3.05) is 87.1 Å². The van der Waals surface area contributed by atoms with Crippen LogP contribution in [0.3, 0.4) is 0 Å². The van der Waals surface area contributed by atoms with Gasteiger partial charge in [0.25, 0.3) is 0 Å². The number of carbonyl (C=O) groups is 1. The van der Waals surface area contributed by atoms with Gasteiger partial charge in [-0.15, -0.1) is 0 Å². The number of aromatic nitrogens is 3. The Labute approximate surface area is 251 Å². The number of para-hydroxylation sites is 1. The first kappa shape index (κ1) is 28.5. The minimum absolute atomic E-state index is 0.282. The maximum absolute atomic E-state index is 12.4. The Balaban J connectivity index is 1.42. The molecule has 224 valence electrons. The molecule has 2 fully saturated rings. The third kappa shape index (κ3) is 5.86. The van der Waals surface area contributed by atoms with Gasteiger partial charge >= 0.3 is 0 Å². The van der Waals surface area contributed by atoms with Crippen molar-refractivity contribution in [2.24, 2.45) is 7.05 Å². The number of methoxy groups -OCH3 is 1. The van der Waals surface area contributed by atoms with Crippen LogP contribution in [0.15, 0.2) is 61.4 Å². The summed E-state index contributed by atoms with van der Waals surface area (Å²) in [5.41, 5.74) is 6.15. The van der Waals surface area contributed by atoms with E-state index in [1.807, 2.05) is 37.5 Å². The molecular formula is C32H38N8O3. The molecule has 4 aromatic rings. The second-order valence-electron chi connectivity index (χ2n) is 10.9. The first-order chi connectivity index (χ1) is 20.9. The standard InChI is InChI=1S/C32H38N8O3/c1-5-30(41)34-24-18-25(29(42-4)19-27(24)39-12-10-37(2)11-13-39)35-32-33-20-28(40-14-16-43-17-15-40)31(36-32)23-21-38(3)26-9-7-6-8-22(23)26/h5-9,18-21H,1,10-17H2,2-4H3,(H,34,41)(H,33,35,36). The molecule has 0 atom stereocenters. The van der Waals surface area contributed by atoms with E-state index in [0.717, 1.165) is 72.8 Å². The lowest BCUT2D eigenvalue weighted by molar-refractivity contribution is -0.111. The second kappa shape index (κ2) is 12.3. The molecular weight excluding hydrogens is 544 g/mol. The maximum Gasteiger partial charge on any atom is 0.247 e. The molecule has 43 heavy (non-hydrogen) atoms. The van der Waals surface area contributed by atoms with Crippen molar-refractivity contribution in [1.29, 1.82) is 0 Å². The van der Waals surface area contributed by atoms with Crippen molar-refractivity contribution in [3.8, 4) is 17.0 Å². The smallest absolute Gasteiger partial charge is 0.247 e. The highest BCUT2D eigenvalue weighted by atomic mass is 16.5. The summed E-state index contributed by atoms with van der Waals surface area (Å²) in [5, 5.41) is 7.49. The molecule has 11 nitrogen and oxygen atoms in total. The molecule has 11 heteroatoms.